The average Bonchev–Trinajstić information content (AvgIpc) is 2.34. The van der Waals surface area contributed by atoms with Crippen molar-refractivity contribution in [2.75, 3.05) is 19.0 Å². The van der Waals surface area contributed by atoms with E-state index in [4.69, 9.17) is 10.5 Å². The van der Waals surface area contributed by atoms with Crippen LogP contribution in [0.15, 0.2) is 18.2 Å². The van der Waals surface area contributed by atoms with E-state index in [1.54, 1.807) is 7.11 Å². The molecule has 0 radical (unpaired) electrons. The number of hydrogen-bond donors (Lipinski definition) is 2. The summed E-state index contributed by atoms with van der Waals surface area (Å²) in [5, 5.41) is 2.96. The summed E-state index contributed by atoms with van der Waals surface area (Å²) in [5.74, 6) is 0. The molecule has 7 heteroatoms. The molecule has 1 aromatic carbocycles. The first kappa shape index (κ1) is 15.7. The Bertz CT molecular complexity index is 463. The van der Waals surface area contributed by atoms with Crippen molar-refractivity contribution >= 4 is 22.9 Å². The zero-order valence-corrected chi connectivity index (χ0v) is 11.4. The highest BCUT2D eigenvalue weighted by atomic mass is 32.1. The molecule has 1 aromatic rings. The highest BCUT2D eigenvalue weighted by Gasteiger charge is 2.34. The van der Waals surface area contributed by atoms with E-state index in [0.717, 1.165) is 6.07 Å². The number of alkyl halides is 3. The summed E-state index contributed by atoms with van der Waals surface area (Å²) in [6, 6.07) is 3.61. The van der Waals surface area contributed by atoms with E-state index in [1.807, 2.05) is 6.92 Å². The lowest BCUT2D eigenvalue weighted by Crippen LogP contribution is -2.20. The molecule has 0 aliphatic carbocycles. The Morgan fingerprint density at radius 1 is 1.47 bits per heavy atom. The minimum absolute atomic E-state index is 0.0597. The number of anilines is 1. The van der Waals surface area contributed by atoms with E-state index in [-0.39, 0.29) is 16.7 Å². The molecule has 0 saturated carbocycles. The number of hydrogen-bond acceptors (Lipinski definition) is 3. The number of halogens is 3. The minimum Gasteiger partial charge on any atom is -0.389 e. The van der Waals surface area contributed by atoms with E-state index in [1.165, 1.54) is 12.1 Å². The first-order valence-electron chi connectivity index (χ1n) is 5.53. The van der Waals surface area contributed by atoms with E-state index < -0.39 is 11.7 Å². The Balaban J connectivity index is 3.00. The molecule has 0 aliphatic rings. The molecular weight excluding hydrogens is 277 g/mol. The van der Waals surface area contributed by atoms with Crippen LogP contribution in [0.2, 0.25) is 0 Å². The normalized spacial score (nSPS) is 13.1. The topological polar surface area (TPSA) is 47.3 Å². The van der Waals surface area contributed by atoms with Crippen LogP contribution in [-0.2, 0) is 10.9 Å². The van der Waals surface area contributed by atoms with Gasteiger partial charge in [0.05, 0.1) is 11.7 Å². The quantitative estimate of drug-likeness (QED) is 0.819. The highest BCUT2D eigenvalue weighted by molar-refractivity contribution is 7.80. The Morgan fingerprint density at radius 2 is 2.11 bits per heavy atom. The van der Waals surface area contributed by atoms with Gasteiger partial charge in [-0.2, -0.15) is 13.2 Å². The molecule has 3 N–H and O–H groups in total. The van der Waals surface area contributed by atoms with Crippen molar-refractivity contribution < 1.29 is 17.9 Å². The van der Waals surface area contributed by atoms with Crippen LogP contribution in [0.3, 0.4) is 0 Å². The Hall–Kier alpha value is -1.34. The lowest BCUT2D eigenvalue weighted by molar-refractivity contribution is -0.137. The van der Waals surface area contributed by atoms with Crippen molar-refractivity contribution in [1.29, 1.82) is 0 Å². The van der Waals surface area contributed by atoms with Gasteiger partial charge in [-0.1, -0.05) is 12.2 Å². The van der Waals surface area contributed by atoms with Gasteiger partial charge >= 0.3 is 6.18 Å². The van der Waals surface area contributed by atoms with Gasteiger partial charge in [0.1, 0.15) is 4.99 Å². The summed E-state index contributed by atoms with van der Waals surface area (Å²) >= 11 is 4.66. The fourth-order valence-corrected chi connectivity index (χ4v) is 1.62. The number of nitrogens with two attached hydrogens (primary N) is 1. The van der Waals surface area contributed by atoms with Crippen LogP contribution in [0.25, 0.3) is 0 Å². The summed E-state index contributed by atoms with van der Waals surface area (Å²) in [5.41, 5.74) is 4.84. The fraction of sp³-hybridized carbons (Fsp3) is 0.417. The van der Waals surface area contributed by atoms with Gasteiger partial charge in [0.25, 0.3) is 0 Å². The van der Waals surface area contributed by atoms with Crippen LogP contribution in [0.4, 0.5) is 18.9 Å². The Morgan fingerprint density at radius 3 is 2.58 bits per heavy atom. The minimum atomic E-state index is -4.48. The largest absolute Gasteiger partial charge is 0.417 e. The summed E-state index contributed by atoms with van der Waals surface area (Å²) in [6.07, 6.45) is -4.53. The van der Waals surface area contributed by atoms with Gasteiger partial charge in [0, 0.05) is 24.9 Å². The number of benzene rings is 1. The number of rotatable bonds is 5. The fourth-order valence-electron chi connectivity index (χ4n) is 1.45. The third-order valence-electron chi connectivity index (χ3n) is 2.59. The van der Waals surface area contributed by atoms with Gasteiger partial charge in [-0.3, -0.25) is 0 Å². The third kappa shape index (κ3) is 4.36. The monoisotopic (exact) mass is 292 g/mol. The van der Waals surface area contributed by atoms with Gasteiger partial charge < -0.3 is 15.8 Å². The molecule has 0 heterocycles. The molecule has 0 bridgehead atoms. The SMILES string of the molecule is COC(C)CNc1ccc(C(F)(F)F)c(C(N)=S)c1. The summed E-state index contributed by atoms with van der Waals surface area (Å²) in [4.78, 5) is -0.282. The second-order valence-electron chi connectivity index (χ2n) is 4.05. The van der Waals surface area contributed by atoms with E-state index >= 15 is 0 Å². The predicted octanol–water partition coefficient (Wildman–Crippen LogP) is 2.79. The molecule has 1 rings (SSSR count). The second-order valence-corrected chi connectivity index (χ2v) is 4.49. The molecule has 19 heavy (non-hydrogen) atoms. The number of nitrogens with one attached hydrogen (secondary N) is 1. The van der Waals surface area contributed by atoms with E-state index in [2.05, 4.69) is 17.5 Å². The van der Waals surface area contributed by atoms with E-state index in [9.17, 15) is 13.2 Å². The summed E-state index contributed by atoms with van der Waals surface area (Å²) < 4.78 is 43.3. The van der Waals surface area contributed by atoms with Crippen molar-refractivity contribution in [2.24, 2.45) is 5.73 Å². The molecule has 3 nitrogen and oxygen atoms in total. The number of methoxy groups -OCH3 is 1. The number of ether oxygens (including phenoxy) is 1. The van der Waals surface area contributed by atoms with Crippen molar-refractivity contribution in [1.82, 2.24) is 0 Å². The van der Waals surface area contributed by atoms with Crippen molar-refractivity contribution in [3.63, 3.8) is 0 Å². The van der Waals surface area contributed by atoms with Crippen molar-refractivity contribution in [3.8, 4) is 0 Å². The van der Waals surface area contributed by atoms with Gasteiger partial charge in [-0.25, -0.2) is 0 Å². The lowest BCUT2D eigenvalue weighted by atomic mass is 10.1. The summed E-state index contributed by atoms with van der Waals surface area (Å²) in [6.45, 7) is 2.31. The van der Waals surface area contributed by atoms with Crippen LogP contribution in [0, 0.1) is 0 Å². The molecule has 1 unspecified atom stereocenters. The van der Waals surface area contributed by atoms with E-state index in [0.29, 0.717) is 12.2 Å². The maximum atomic E-state index is 12.8. The van der Waals surface area contributed by atoms with Gasteiger partial charge in [-0.05, 0) is 25.1 Å². The lowest BCUT2D eigenvalue weighted by Gasteiger charge is -2.16. The molecule has 0 saturated heterocycles. The maximum Gasteiger partial charge on any atom is 0.417 e. The first-order chi connectivity index (χ1) is 8.75. The van der Waals surface area contributed by atoms with Crippen LogP contribution in [0.5, 0.6) is 0 Å². The zero-order valence-electron chi connectivity index (χ0n) is 10.5. The average molecular weight is 292 g/mol. The maximum absolute atomic E-state index is 12.8. The standard InChI is InChI=1S/C12H15F3N2OS/c1-7(18-2)6-17-8-3-4-10(12(13,14)15)9(5-8)11(16)19/h3-5,7,17H,6H2,1-2H3,(H2,16,19). The Kier molecular flexibility index (Phi) is 5.13. The molecule has 0 aliphatic heterocycles. The van der Waals surface area contributed by atoms with Crippen molar-refractivity contribution in [3.05, 3.63) is 29.3 Å². The second kappa shape index (κ2) is 6.21. The molecule has 1 atom stereocenters. The van der Waals surface area contributed by atoms with Crippen LogP contribution in [0.1, 0.15) is 18.1 Å². The molecule has 0 fully saturated rings. The van der Waals surface area contributed by atoms with Crippen molar-refractivity contribution in [2.45, 2.75) is 19.2 Å². The molecule has 0 spiro atoms. The van der Waals surface area contributed by atoms with Gasteiger partial charge in [-0.15, -0.1) is 0 Å². The number of thiocarbonyl (C=S) groups is 1. The van der Waals surface area contributed by atoms with Gasteiger partial charge in [0.15, 0.2) is 0 Å². The van der Waals surface area contributed by atoms with Crippen LogP contribution in [-0.4, -0.2) is 24.7 Å². The molecular formula is C12H15F3N2OS. The van der Waals surface area contributed by atoms with Crippen LogP contribution >= 0.6 is 12.2 Å². The Labute approximate surface area is 114 Å². The smallest absolute Gasteiger partial charge is 0.389 e. The zero-order chi connectivity index (χ0) is 14.6. The van der Waals surface area contributed by atoms with Gasteiger partial charge in [0.2, 0.25) is 0 Å². The molecule has 106 valence electrons. The molecule has 0 amide bonds. The highest BCUT2D eigenvalue weighted by Crippen LogP contribution is 2.33. The first-order valence-corrected chi connectivity index (χ1v) is 5.94. The van der Waals surface area contributed by atoms with Crippen LogP contribution < -0.4 is 11.1 Å². The summed E-state index contributed by atoms with van der Waals surface area (Å²) in [7, 11) is 1.56. The predicted molar refractivity (Wildman–Crippen MR) is 72.3 cm³/mol. The third-order valence-corrected chi connectivity index (χ3v) is 2.81. The molecule has 0 aromatic heterocycles.